The first-order valence-electron chi connectivity index (χ1n) is 9.75. The Bertz CT molecular complexity index is 1250. The van der Waals surface area contributed by atoms with Crippen LogP contribution in [0, 0.1) is 11.3 Å². The van der Waals surface area contributed by atoms with Gasteiger partial charge in [-0.1, -0.05) is 30.3 Å². The summed E-state index contributed by atoms with van der Waals surface area (Å²) in [6.45, 7) is 1.78. The predicted octanol–water partition coefficient (Wildman–Crippen LogP) is 4.90. The van der Waals surface area contributed by atoms with Gasteiger partial charge in [-0.25, -0.2) is 4.98 Å². The van der Waals surface area contributed by atoms with Gasteiger partial charge in [0.05, 0.1) is 18.5 Å². The maximum Gasteiger partial charge on any atom is 0.573 e. The number of Topliss-reactive ketones (excluding diaryl/α,β-unsaturated/α-hetero) is 1. The summed E-state index contributed by atoms with van der Waals surface area (Å²) in [4.78, 5) is 28.5. The lowest BCUT2D eigenvalue weighted by Gasteiger charge is -2.13. The van der Waals surface area contributed by atoms with E-state index in [1.165, 1.54) is 18.2 Å². The highest BCUT2D eigenvalue weighted by Gasteiger charge is 2.31. The van der Waals surface area contributed by atoms with Crippen LogP contribution in [0.15, 0.2) is 42.5 Å². The van der Waals surface area contributed by atoms with E-state index in [1.807, 2.05) is 6.07 Å². The zero-order chi connectivity index (χ0) is 24.2. The number of ether oxygens (including phenoxy) is 2. The number of nitriles is 1. The Morgan fingerprint density at radius 3 is 2.42 bits per heavy atom. The molecule has 0 atom stereocenters. The second kappa shape index (κ2) is 9.56. The molecule has 0 saturated heterocycles. The third-order valence-corrected chi connectivity index (χ3v) is 4.63. The van der Waals surface area contributed by atoms with Crippen molar-refractivity contribution in [3.63, 3.8) is 0 Å². The van der Waals surface area contributed by atoms with Crippen molar-refractivity contribution in [2.24, 2.45) is 0 Å². The molecule has 0 aliphatic rings. The predicted molar refractivity (Wildman–Crippen MR) is 110 cm³/mol. The van der Waals surface area contributed by atoms with E-state index in [0.717, 1.165) is 12.1 Å². The minimum atomic E-state index is -4.83. The number of carbonyl (C=O) groups is 2. The van der Waals surface area contributed by atoms with Crippen molar-refractivity contribution < 1.29 is 37.3 Å². The van der Waals surface area contributed by atoms with Gasteiger partial charge < -0.3 is 14.6 Å². The molecule has 0 aliphatic carbocycles. The van der Waals surface area contributed by atoms with Crippen molar-refractivity contribution in [1.29, 1.82) is 5.26 Å². The van der Waals surface area contributed by atoms with Crippen molar-refractivity contribution in [1.82, 2.24) is 4.98 Å². The van der Waals surface area contributed by atoms with Gasteiger partial charge in [-0.15, -0.1) is 13.2 Å². The average Bonchev–Trinajstić information content (AvgIpc) is 2.76. The zero-order valence-corrected chi connectivity index (χ0v) is 17.3. The molecule has 0 bridgehead atoms. The molecule has 1 N–H and O–H groups in total. The van der Waals surface area contributed by atoms with Gasteiger partial charge in [-0.3, -0.25) is 9.59 Å². The van der Waals surface area contributed by atoms with E-state index >= 15 is 0 Å². The maximum atomic E-state index is 12.6. The molecule has 3 aromatic rings. The van der Waals surface area contributed by atoms with E-state index in [4.69, 9.17) is 4.74 Å². The van der Waals surface area contributed by atoms with Gasteiger partial charge in [0.25, 0.3) is 0 Å². The number of carbonyl (C=O) groups excluding carboxylic acids is 2. The fourth-order valence-corrected chi connectivity index (χ4v) is 3.22. The maximum absolute atomic E-state index is 12.6. The van der Waals surface area contributed by atoms with Crippen molar-refractivity contribution in [2.45, 2.75) is 26.1 Å². The largest absolute Gasteiger partial charge is 0.573 e. The second-order valence-corrected chi connectivity index (χ2v) is 6.80. The number of esters is 1. The zero-order valence-electron chi connectivity index (χ0n) is 17.3. The normalized spacial score (nSPS) is 11.1. The van der Waals surface area contributed by atoms with E-state index in [2.05, 4.69) is 9.72 Å². The highest BCUT2D eigenvalue weighted by atomic mass is 19.4. The van der Waals surface area contributed by atoms with Crippen LogP contribution in [-0.4, -0.2) is 34.8 Å². The number of alkyl halides is 3. The van der Waals surface area contributed by atoms with Crippen LogP contribution < -0.4 is 4.74 Å². The van der Waals surface area contributed by atoms with Gasteiger partial charge in [0.1, 0.15) is 23.1 Å². The summed E-state index contributed by atoms with van der Waals surface area (Å²) in [5, 5.41) is 20.3. The molecule has 3 rings (SSSR count). The standard InChI is InChI=1S/C23H17F3N2O5/c1-2-32-19(30)11-10-18(29)21-22(31)17(12-27)16-5-3-4-15(20(16)28-21)13-6-8-14(9-7-13)33-23(24,25)26/h3-9,31H,2,10-11H2,1H3. The van der Waals surface area contributed by atoms with E-state index in [1.54, 1.807) is 19.1 Å². The van der Waals surface area contributed by atoms with Gasteiger partial charge in [0.15, 0.2) is 11.5 Å². The molecule has 1 aromatic heterocycles. The number of hydrogen-bond acceptors (Lipinski definition) is 7. The lowest BCUT2D eigenvalue weighted by molar-refractivity contribution is -0.274. The molecule has 0 fully saturated rings. The number of rotatable bonds is 7. The Balaban J connectivity index is 2.06. The Morgan fingerprint density at radius 1 is 1.12 bits per heavy atom. The molecule has 0 saturated carbocycles. The van der Waals surface area contributed by atoms with E-state index in [9.17, 15) is 33.1 Å². The van der Waals surface area contributed by atoms with E-state index in [-0.39, 0.29) is 41.6 Å². The molecule has 0 radical (unpaired) electrons. The number of aromatic hydroxyl groups is 1. The van der Waals surface area contributed by atoms with Crippen LogP contribution in [0.4, 0.5) is 13.2 Å². The number of hydrogen-bond donors (Lipinski definition) is 1. The Labute approximate surface area is 186 Å². The molecule has 0 spiro atoms. The molecule has 0 aliphatic heterocycles. The first kappa shape index (κ1) is 23.5. The SMILES string of the molecule is CCOC(=O)CCC(=O)c1nc2c(-c3ccc(OC(F)(F)F)cc3)cccc2c(C#N)c1O. The Hall–Kier alpha value is -4.13. The minimum Gasteiger partial charge on any atom is -0.504 e. The quantitative estimate of drug-likeness (QED) is 0.396. The summed E-state index contributed by atoms with van der Waals surface area (Å²) in [6, 6.07) is 11.6. The van der Waals surface area contributed by atoms with Crippen molar-refractivity contribution in [3.05, 3.63) is 53.7 Å². The Morgan fingerprint density at radius 2 is 1.82 bits per heavy atom. The van der Waals surface area contributed by atoms with Gasteiger partial charge in [0, 0.05) is 17.4 Å². The number of halogens is 3. The van der Waals surface area contributed by atoms with Crippen LogP contribution in [-0.2, 0) is 9.53 Å². The molecule has 10 heteroatoms. The van der Waals surface area contributed by atoms with Crippen molar-refractivity contribution in [2.75, 3.05) is 6.61 Å². The molecular formula is C23H17F3N2O5. The molecule has 7 nitrogen and oxygen atoms in total. The third kappa shape index (κ3) is 5.38. The number of pyridine rings is 1. The first-order valence-corrected chi connectivity index (χ1v) is 9.75. The summed E-state index contributed by atoms with van der Waals surface area (Å²) < 4.78 is 45.9. The lowest BCUT2D eigenvalue weighted by Crippen LogP contribution is -2.16. The lowest BCUT2D eigenvalue weighted by atomic mass is 9.97. The summed E-state index contributed by atoms with van der Waals surface area (Å²) in [7, 11) is 0. The molecule has 2 aromatic carbocycles. The smallest absolute Gasteiger partial charge is 0.504 e. The average molecular weight is 458 g/mol. The molecule has 170 valence electrons. The summed E-state index contributed by atoms with van der Waals surface area (Å²) in [5.41, 5.74) is 0.492. The summed E-state index contributed by atoms with van der Waals surface area (Å²) >= 11 is 0. The van der Waals surface area contributed by atoms with Gasteiger partial charge in [0.2, 0.25) is 0 Å². The van der Waals surface area contributed by atoms with Crippen LogP contribution in [0.1, 0.15) is 35.8 Å². The monoisotopic (exact) mass is 458 g/mol. The minimum absolute atomic E-state index is 0.154. The molecular weight excluding hydrogens is 441 g/mol. The molecule has 0 unspecified atom stereocenters. The van der Waals surface area contributed by atoms with Crippen LogP contribution >= 0.6 is 0 Å². The van der Waals surface area contributed by atoms with Gasteiger partial charge in [-0.05, 0) is 24.6 Å². The first-order chi connectivity index (χ1) is 15.6. The van der Waals surface area contributed by atoms with Crippen molar-refractivity contribution in [3.8, 4) is 28.7 Å². The second-order valence-electron chi connectivity index (χ2n) is 6.80. The fraction of sp³-hybridized carbons (Fsp3) is 0.217. The van der Waals surface area contributed by atoms with Crippen molar-refractivity contribution >= 4 is 22.7 Å². The van der Waals surface area contributed by atoms with Gasteiger partial charge >= 0.3 is 12.3 Å². The number of aromatic nitrogens is 1. The summed E-state index contributed by atoms with van der Waals surface area (Å²) in [5.74, 6) is -2.27. The van der Waals surface area contributed by atoms with Crippen LogP contribution in [0.2, 0.25) is 0 Å². The number of ketones is 1. The number of nitrogens with zero attached hydrogens (tertiary/aromatic N) is 2. The van der Waals surface area contributed by atoms with Gasteiger partial charge in [-0.2, -0.15) is 5.26 Å². The fourth-order valence-electron chi connectivity index (χ4n) is 3.22. The highest BCUT2D eigenvalue weighted by Crippen LogP contribution is 2.35. The third-order valence-electron chi connectivity index (χ3n) is 4.63. The van der Waals surface area contributed by atoms with Crippen LogP contribution in [0.3, 0.4) is 0 Å². The topological polar surface area (TPSA) is 110 Å². The van der Waals surface area contributed by atoms with Crippen LogP contribution in [0.25, 0.3) is 22.0 Å². The number of benzene rings is 2. The number of para-hydroxylation sites is 1. The molecule has 0 amide bonds. The van der Waals surface area contributed by atoms with E-state index in [0.29, 0.717) is 11.1 Å². The molecule has 1 heterocycles. The van der Waals surface area contributed by atoms with E-state index < -0.39 is 29.6 Å². The highest BCUT2D eigenvalue weighted by molar-refractivity contribution is 6.05. The van der Waals surface area contributed by atoms with Crippen LogP contribution in [0.5, 0.6) is 11.5 Å². The summed E-state index contributed by atoms with van der Waals surface area (Å²) in [6.07, 6.45) is -5.35. The molecule has 33 heavy (non-hydrogen) atoms. The number of fused-ring (bicyclic) bond motifs is 1. The Kier molecular flexibility index (Phi) is 6.82.